The zero-order valence-corrected chi connectivity index (χ0v) is 9.45. The third kappa shape index (κ3) is 3.06. The summed E-state index contributed by atoms with van der Waals surface area (Å²) in [5.74, 6) is -0.564. The first kappa shape index (κ1) is 12.5. The van der Waals surface area contributed by atoms with Gasteiger partial charge in [0, 0.05) is 12.4 Å². The van der Waals surface area contributed by atoms with E-state index in [4.69, 9.17) is 14.8 Å². The maximum Gasteiger partial charge on any atom is 0.488 e. The molecule has 1 aromatic carbocycles. The summed E-state index contributed by atoms with van der Waals surface area (Å²) in [6, 6.07) is 7.20. The highest BCUT2D eigenvalue weighted by Gasteiger charge is 2.14. The van der Waals surface area contributed by atoms with Gasteiger partial charge in [0.2, 0.25) is 0 Å². The van der Waals surface area contributed by atoms with E-state index in [1.165, 1.54) is 12.1 Å². The van der Waals surface area contributed by atoms with Crippen molar-refractivity contribution in [2.75, 3.05) is 0 Å². The Bertz CT molecular complexity index is 522. The van der Waals surface area contributed by atoms with Crippen molar-refractivity contribution in [1.82, 2.24) is 4.98 Å². The van der Waals surface area contributed by atoms with Gasteiger partial charge in [-0.1, -0.05) is 6.07 Å². The second-order valence-electron chi connectivity index (χ2n) is 3.71. The SMILES string of the molecule is OB(O)c1ccc(F)c(OCc2ccncc2)c1. The molecular weight excluding hydrogens is 236 g/mol. The Morgan fingerprint density at radius 1 is 1.17 bits per heavy atom. The lowest BCUT2D eigenvalue weighted by Crippen LogP contribution is -2.29. The van der Waals surface area contributed by atoms with Gasteiger partial charge in [0.15, 0.2) is 11.6 Å². The average molecular weight is 247 g/mol. The van der Waals surface area contributed by atoms with Gasteiger partial charge in [0.1, 0.15) is 6.61 Å². The van der Waals surface area contributed by atoms with Crippen LogP contribution in [-0.4, -0.2) is 22.2 Å². The Labute approximate surface area is 104 Å². The number of aromatic nitrogens is 1. The van der Waals surface area contributed by atoms with Crippen LogP contribution < -0.4 is 10.2 Å². The number of benzene rings is 1. The summed E-state index contributed by atoms with van der Waals surface area (Å²) in [7, 11) is -1.64. The molecule has 2 rings (SSSR count). The largest absolute Gasteiger partial charge is 0.488 e. The monoisotopic (exact) mass is 247 g/mol. The fraction of sp³-hybridized carbons (Fsp3) is 0.0833. The highest BCUT2D eigenvalue weighted by molar-refractivity contribution is 6.58. The lowest BCUT2D eigenvalue weighted by Gasteiger charge is -2.09. The smallest absolute Gasteiger partial charge is 0.486 e. The van der Waals surface area contributed by atoms with Gasteiger partial charge in [-0.15, -0.1) is 0 Å². The summed E-state index contributed by atoms with van der Waals surface area (Å²) in [6.45, 7) is 0.185. The van der Waals surface area contributed by atoms with E-state index in [2.05, 4.69) is 4.98 Å². The van der Waals surface area contributed by atoms with E-state index >= 15 is 0 Å². The van der Waals surface area contributed by atoms with Gasteiger partial charge in [-0.05, 0) is 35.3 Å². The molecule has 0 saturated heterocycles. The zero-order valence-electron chi connectivity index (χ0n) is 9.45. The molecule has 2 aromatic rings. The molecule has 0 aliphatic rings. The van der Waals surface area contributed by atoms with E-state index in [-0.39, 0.29) is 17.8 Å². The molecule has 0 atom stereocenters. The van der Waals surface area contributed by atoms with Crippen molar-refractivity contribution in [3.05, 3.63) is 54.1 Å². The molecule has 0 aliphatic carbocycles. The van der Waals surface area contributed by atoms with Crippen molar-refractivity contribution in [3.8, 4) is 5.75 Å². The first-order chi connectivity index (χ1) is 8.66. The molecule has 0 amide bonds. The molecule has 0 bridgehead atoms. The van der Waals surface area contributed by atoms with Crippen molar-refractivity contribution in [3.63, 3.8) is 0 Å². The first-order valence-corrected chi connectivity index (χ1v) is 5.34. The van der Waals surface area contributed by atoms with Crippen LogP contribution in [0.2, 0.25) is 0 Å². The van der Waals surface area contributed by atoms with E-state index in [1.807, 2.05) is 0 Å². The van der Waals surface area contributed by atoms with E-state index < -0.39 is 12.9 Å². The maximum atomic E-state index is 13.4. The standard InChI is InChI=1S/C12H11BFNO3/c14-11-2-1-10(13(16)17)7-12(11)18-8-9-3-5-15-6-4-9/h1-7,16-17H,8H2. The van der Waals surface area contributed by atoms with E-state index in [0.717, 1.165) is 11.6 Å². The molecule has 0 aliphatic heterocycles. The number of hydrogen-bond acceptors (Lipinski definition) is 4. The zero-order chi connectivity index (χ0) is 13.0. The molecule has 18 heavy (non-hydrogen) atoms. The minimum absolute atomic E-state index is 0.0163. The van der Waals surface area contributed by atoms with Crippen LogP contribution in [0.5, 0.6) is 5.75 Å². The minimum atomic E-state index is -1.64. The summed E-state index contributed by atoms with van der Waals surface area (Å²) in [4.78, 5) is 3.86. The second-order valence-corrected chi connectivity index (χ2v) is 3.71. The summed E-state index contributed by atoms with van der Waals surface area (Å²) in [5, 5.41) is 18.0. The molecular formula is C12H11BFNO3. The van der Waals surface area contributed by atoms with Gasteiger partial charge in [-0.3, -0.25) is 4.98 Å². The van der Waals surface area contributed by atoms with Gasteiger partial charge >= 0.3 is 7.12 Å². The first-order valence-electron chi connectivity index (χ1n) is 5.34. The Kier molecular flexibility index (Phi) is 3.91. The Morgan fingerprint density at radius 3 is 2.56 bits per heavy atom. The highest BCUT2D eigenvalue weighted by Crippen LogP contribution is 2.16. The normalized spacial score (nSPS) is 10.2. The van der Waals surface area contributed by atoms with Crippen LogP contribution in [0.4, 0.5) is 4.39 Å². The number of pyridine rings is 1. The quantitative estimate of drug-likeness (QED) is 0.771. The van der Waals surface area contributed by atoms with Crippen molar-refractivity contribution >= 4 is 12.6 Å². The lowest BCUT2D eigenvalue weighted by molar-refractivity contribution is 0.290. The molecule has 0 saturated carbocycles. The van der Waals surface area contributed by atoms with Crippen molar-refractivity contribution in [2.24, 2.45) is 0 Å². The number of rotatable bonds is 4. The molecule has 1 aromatic heterocycles. The second kappa shape index (κ2) is 5.62. The summed E-state index contributed by atoms with van der Waals surface area (Å²) in [6.07, 6.45) is 3.23. The van der Waals surface area contributed by atoms with Gasteiger partial charge in [0.05, 0.1) is 0 Å². The van der Waals surface area contributed by atoms with Crippen molar-refractivity contribution < 1.29 is 19.2 Å². The lowest BCUT2D eigenvalue weighted by atomic mass is 9.80. The molecule has 92 valence electrons. The van der Waals surface area contributed by atoms with Crippen LogP contribution in [0.15, 0.2) is 42.7 Å². The van der Waals surface area contributed by atoms with E-state index in [9.17, 15) is 4.39 Å². The van der Waals surface area contributed by atoms with E-state index in [1.54, 1.807) is 24.5 Å². The Morgan fingerprint density at radius 2 is 1.89 bits per heavy atom. The third-order valence-corrected chi connectivity index (χ3v) is 2.40. The van der Waals surface area contributed by atoms with Gasteiger partial charge in [-0.2, -0.15) is 0 Å². The molecule has 6 heteroatoms. The summed E-state index contributed by atoms with van der Waals surface area (Å²) >= 11 is 0. The fourth-order valence-corrected chi connectivity index (χ4v) is 1.43. The summed E-state index contributed by atoms with van der Waals surface area (Å²) in [5.41, 5.74) is 1.03. The predicted octanol–water partition coefficient (Wildman–Crippen LogP) is 0.479. The van der Waals surface area contributed by atoms with Crippen LogP contribution in [0.1, 0.15) is 5.56 Å². The molecule has 2 N–H and O–H groups in total. The number of hydrogen-bond donors (Lipinski definition) is 2. The number of nitrogens with zero attached hydrogens (tertiary/aromatic N) is 1. The summed E-state index contributed by atoms with van der Waals surface area (Å²) < 4.78 is 18.7. The van der Waals surface area contributed by atoms with Crippen LogP contribution in [0.25, 0.3) is 0 Å². The Balaban J connectivity index is 2.11. The molecule has 0 fully saturated rings. The topological polar surface area (TPSA) is 62.6 Å². The van der Waals surface area contributed by atoms with Crippen LogP contribution in [0, 0.1) is 5.82 Å². The van der Waals surface area contributed by atoms with Crippen molar-refractivity contribution in [2.45, 2.75) is 6.61 Å². The van der Waals surface area contributed by atoms with Crippen molar-refractivity contribution in [1.29, 1.82) is 0 Å². The molecule has 0 unspecified atom stereocenters. The number of ether oxygens (including phenoxy) is 1. The highest BCUT2D eigenvalue weighted by atomic mass is 19.1. The molecule has 0 spiro atoms. The minimum Gasteiger partial charge on any atom is -0.486 e. The van der Waals surface area contributed by atoms with Gasteiger partial charge < -0.3 is 14.8 Å². The van der Waals surface area contributed by atoms with E-state index in [0.29, 0.717) is 0 Å². The fourth-order valence-electron chi connectivity index (χ4n) is 1.43. The molecule has 0 radical (unpaired) electrons. The number of halogens is 1. The van der Waals surface area contributed by atoms with Crippen LogP contribution >= 0.6 is 0 Å². The van der Waals surface area contributed by atoms with Crippen LogP contribution in [-0.2, 0) is 6.61 Å². The maximum absolute atomic E-state index is 13.4. The van der Waals surface area contributed by atoms with Gasteiger partial charge in [0.25, 0.3) is 0 Å². The Hall–Kier alpha value is -1.92. The van der Waals surface area contributed by atoms with Gasteiger partial charge in [-0.25, -0.2) is 4.39 Å². The molecule has 4 nitrogen and oxygen atoms in total. The average Bonchev–Trinajstić information content (AvgIpc) is 2.38. The van der Waals surface area contributed by atoms with Crippen LogP contribution in [0.3, 0.4) is 0 Å². The molecule has 1 heterocycles. The predicted molar refractivity (Wildman–Crippen MR) is 64.8 cm³/mol. The third-order valence-electron chi connectivity index (χ3n) is 2.40.